The fourth-order valence-electron chi connectivity index (χ4n) is 2.77. The molecule has 1 fully saturated rings. The molecule has 0 aromatic heterocycles. The summed E-state index contributed by atoms with van der Waals surface area (Å²) in [4.78, 5) is 11.9. The first-order valence-corrected chi connectivity index (χ1v) is 8.61. The van der Waals surface area contributed by atoms with E-state index in [0.29, 0.717) is 6.42 Å². The van der Waals surface area contributed by atoms with Gasteiger partial charge in [-0.15, -0.1) is 11.6 Å². The summed E-state index contributed by atoms with van der Waals surface area (Å²) in [6.45, 7) is 2.22. The number of unbranched alkanes of at least 4 members (excludes halogenated alkanes) is 5. The van der Waals surface area contributed by atoms with E-state index in [2.05, 4.69) is 12.2 Å². The minimum absolute atomic E-state index is 0.135. The molecule has 2 unspecified atom stereocenters. The van der Waals surface area contributed by atoms with Crippen molar-refractivity contribution >= 4 is 17.5 Å². The lowest BCUT2D eigenvalue weighted by Gasteiger charge is -2.21. The third-order valence-electron chi connectivity index (χ3n) is 4.04. The normalized spacial score (nSPS) is 23.9. The van der Waals surface area contributed by atoms with Crippen LogP contribution in [0.1, 0.15) is 84.0 Å². The molecule has 1 rings (SSSR count). The molecule has 1 aliphatic rings. The van der Waals surface area contributed by atoms with Crippen molar-refractivity contribution in [1.82, 2.24) is 5.32 Å². The van der Waals surface area contributed by atoms with Crippen molar-refractivity contribution in [1.29, 1.82) is 0 Å². The Morgan fingerprint density at radius 2 is 1.74 bits per heavy atom. The number of hydrogen-bond donors (Lipinski definition) is 1. The molecule has 2 nitrogen and oxygen atoms in total. The average molecular weight is 288 g/mol. The zero-order valence-corrected chi connectivity index (χ0v) is 13.2. The third kappa shape index (κ3) is 7.81. The SMILES string of the molecule is CCCCCCCCC(=O)NC1CCCCCC1Cl. The van der Waals surface area contributed by atoms with Crippen LogP contribution in [0.15, 0.2) is 0 Å². The van der Waals surface area contributed by atoms with Crippen molar-refractivity contribution in [2.24, 2.45) is 0 Å². The van der Waals surface area contributed by atoms with Crippen molar-refractivity contribution in [3.8, 4) is 0 Å². The van der Waals surface area contributed by atoms with Gasteiger partial charge in [0.25, 0.3) is 0 Å². The number of halogens is 1. The lowest BCUT2D eigenvalue weighted by atomic mass is 10.1. The molecule has 0 saturated heterocycles. The summed E-state index contributed by atoms with van der Waals surface area (Å²) in [6.07, 6.45) is 13.8. The maximum absolute atomic E-state index is 11.9. The van der Waals surface area contributed by atoms with Gasteiger partial charge in [-0.1, -0.05) is 58.3 Å². The number of carbonyl (C=O) groups excluding carboxylic acids is 1. The highest BCUT2D eigenvalue weighted by Crippen LogP contribution is 2.22. The van der Waals surface area contributed by atoms with Gasteiger partial charge in [0.05, 0.1) is 5.38 Å². The predicted molar refractivity (Wildman–Crippen MR) is 82.6 cm³/mol. The van der Waals surface area contributed by atoms with E-state index in [1.165, 1.54) is 51.4 Å². The smallest absolute Gasteiger partial charge is 0.220 e. The molecular formula is C16H30ClNO. The fourth-order valence-corrected chi connectivity index (χ4v) is 3.11. The van der Waals surface area contributed by atoms with E-state index in [-0.39, 0.29) is 17.3 Å². The molecule has 0 aliphatic heterocycles. The second kappa shape index (κ2) is 10.5. The van der Waals surface area contributed by atoms with Gasteiger partial charge in [-0.25, -0.2) is 0 Å². The van der Waals surface area contributed by atoms with E-state index in [0.717, 1.165) is 19.3 Å². The van der Waals surface area contributed by atoms with Crippen LogP contribution < -0.4 is 5.32 Å². The maximum Gasteiger partial charge on any atom is 0.220 e. The van der Waals surface area contributed by atoms with Gasteiger partial charge in [0.2, 0.25) is 5.91 Å². The summed E-state index contributed by atoms with van der Waals surface area (Å²) in [6, 6.07) is 0.205. The van der Waals surface area contributed by atoms with Crippen LogP contribution in [-0.4, -0.2) is 17.3 Å². The lowest BCUT2D eigenvalue weighted by Crippen LogP contribution is -2.40. The number of carbonyl (C=O) groups is 1. The molecule has 2 atom stereocenters. The van der Waals surface area contributed by atoms with E-state index in [1.807, 2.05) is 0 Å². The second-order valence-corrected chi connectivity index (χ2v) is 6.41. The summed E-state index contributed by atoms with van der Waals surface area (Å²) in [5.41, 5.74) is 0. The van der Waals surface area contributed by atoms with Gasteiger partial charge in [0.1, 0.15) is 0 Å². The van der Waals surface area contributed by atoms with E-state index in [4.69, 9.17) is 11.6 Å². The minimum Gasteiger partial charge on any atom is -0.352 e. The van der Waals surface area contributed by atoms with Crippen LogP contribution in [-0.2, 0) is 4.79 Å². The Bertz CT molecular complexity index is 245. The van der Waals surface area contributed by atoms with Crippen molar-refractivity contribution in [2.75, 3.05) is 0 Å². The number of alkyl halides is 1. The van der Waals surface area contributed by atoms with Gasteiger partial charge in [0, 0.05) is 12.5 Å². The monoisotopic (exact) mass is 287 g/mol. The van der Waals surface area contributed by atoms with Crippen LogP contribution >= 0.6 is 11.6 Å². The van der Waals surface area contributed by atoms with E-state index < -0.39 is 0 Å². The Morgan fingerprint density at radius 1 is 1.05 bits per heavy atom. The molecule has 1 N–H and O–H groups in total. The Hall–Kier alpha value is -0.240. The van der Waals surface area contributed by atoms with E-state index >= 15 is 0 Å². The topological polar surface area (TPSA) is 29.1 Å². The summed E-state index contributed by atoms with van der Waals surface area (Å²) in [5.74, 6) is 0.202. The molecule has 1 aliphatic carbocycles. The predicted octanol–water partition coefficient (Wildman–Crippen LogP) is 4.79. The molecule has 0 spiro atoms. The van der Waals surface area contributed by atoms with Crippen LogP contribution in [0.25, 0.3) is 0 Å². The molecule has 1 amide bonds. The molecule has 0 radical (unpaired) electrons. The van der Waals surface area contributed by atoms with E-state index in [1.54, 1.807) is 0 Å². The second-order valence-electron chi connectivity index (χ2n) is 5.85. The van der Waals surface area contributed by atoms with Crippen LogP contribution in [0.4, 0.5) is 0 Å². The first-order valence-electron chi connectivity index (χ1n) is 8.17. The van der Waals surface area contributed by atoms with Crippen molar-refractivity contribution in [2.45, 2.75) is 95.4 Å². The van der Waals surface area contributed by atoms with Gasteiger partial charge in [-0.2, -0.15) is 0 Å². The number of rotatable bonds is 8. The average Bonchev–Trinajstić information content (AvgIpc) is 2.59. The van der Waals surface area contributed by atoms with Crippen LogP contribution in [0.3, 0.4) is 0 Å². The third-order valence-corrected chi connectivity index (χ3v) is 4.56. The number of nitrogens with one attached hydrogen (secondary N) is 1. The van der Waals surface area contributed by atoms with Crippen molar-refractivity contribution < 1.29 is 4.79 Å². The molecular weight excluding hydrogens is 258 g/mol. The quantitative estimate of drug-likeness (QED) is 0.388. The Kier molecular flexibility index (Phi) is 9.32. The highest BCUT2D eigenvalue weighted by Gasteiger charge is 2.22. The van der Waals surface area contributed by atoms with E-state index in [9.17, 15) is 4.79 Å². The Balaban J connectivity index is 2.09. The van der Waals surface area contributed by atoms with Crippen LogP contribution in [0, 0.1) is 0 Å². The maximum atomic E-state index is 11.9. The minimum atomic E-state index is 0.135. The molecule has 3 heteroatoms. The van der Waals surface area contributed by atoms with Gasteiger partial charge in [-0.05, 0) is 19.3 Å². The lowest BCUT2D eigenvalue weighted by molar-refractivity contribution is -0.122. The Morgan fingerprint density at radius 3 is 2.53 bits per heavy atom. The molecule has 0 aromatic carbocycles. The van der Waals surface area contributed by atoms with Gasteiger partial charge < -0.3 is 5.32 Å². The van der Waals surface area contributed by atoms with Gasteiger partial charge in [-0.3, -0.25) is 4.79 Å². The Labute approximate surface area is 123 Å². The molecule has 1 saturated carbocycles. The zero-order chi connectivity index (χ0) is 13.9. The van der Waals surface area contributed by atoms with Crippen molar-refractivity contribution in [3.05, 3.63) is 0 Å². The first-order chi connectivity index (χ1) is 9.24. The highest BCUT2D eigenvalue weighted by atomic mass is 35.5. The van der Waals surface area contributed by atoms with Gasteiger partial charge >= 0.3 is 0 Å². The highest BCUT2D eigenvalue weighted by molar-refractivity contribution is 6.21. The van der Waals surface area contributed by atoms with Crippen LogP contribution in [0.5, 0.6) is 0 Å². The summed E-state index contributed by atoms with van der Waals surface area (Å²) < 4.78 is 0. The summed E-state index contributed by atoms with van der Waals surface area (Å²) in [7, 11) is 0. The first kappa shape index (κ1) is 16.8. The molecule has 0 heterocycles. The number of amides is 1. The molecule has 19 heavy (non-hydrogen) atoms. The molecule has 0 bridgehead atoms. The largest absolute Gasteiger partial charge is 0.352 e. The molecule has 112 valence electrons. The zero-order valence-electron chi connectivity index (χ0n) is 12.4. The molecule has 0 aromatic rings. The number of hydrogen-bond acceptors (Lipinski definition) is 1. The van der Waals surface area contributed by atoms with Crippen LogP contribution in [0.2, 0.25) is 0 Å². The van der Waals surface area contributed by atoms with Crippen molar-refractivity contribution in [3.63, 3.8) is 0 Å². The fraction of sp³-hybridized carbons (Fsp3) is 0.938. The van der Waals surface area contributed by atoms with Gasteiger partial charge in [0.15, 0.2) is 0 Å². The summed E-state index contributed by atoms with van der Waals surface area (Å²) in [5, 5.41) is 3.28. The summed E-state index contributed by atoms with van der Waals surface area (Å²) >= 11 is 6.33. The standard InChI is InChI=1S/C16H30ClNO/c1-2-3-4-5-6-10-13-16(19)18-15-12-9-7-8-11-14(15)17/h14-15H,2-13H2,1H3,(H,18,19).